The number of morpholine rings is 1. The van der Waals surface area contributed by atoms with Gasteiger partial charge in [-0.3, -0.25) is 4.79 Å². The number of hydrogen-bond acceptors (Lipinski definition) is 6. The summed E-state index contributed by atoms with van der Waals surface area (Å²) in [7, 11) is 0. The minimum absolute atomic E-state index is 0.220. The maximum Gasteiger partial charge on any atom is 0.242 e. The molecule has 7 nitrogen and oxygen atoms in total. The Morgan fingerprint density at radius 1 is 1.22 bits per heavy atom. The van der Waals surface area contributed by atoms with E-state index in [0.717, 1.165) is 37.6 Å². The molecule has 0 radical (unpaired) electrons. The molecule has 0 unspecified atom stereocenters. The number of primary amides is 1. The molecule has 0 aliphatic carbocycles. The Balaban J connectivity index is 1.80. The lowest BCUT2D eigenvalue weighted by molar-refractivity contribution is -0.123. The number of carbonyl (C=O) groups excluding carboxylic acids is 1. The Hall–Kier alpha value is -2.41. The maximum absolute atomic E-state index is 11.5. The molecule has 122 valence electrons. The van der Waals surface area contributed by atoms with Gasteiger partial charge in [-0.05, 0) is 38.1 Å². The van der Waals surface area contributed by atoms with E-state index in [2.05, 4.69) is 15.0 Å². The summed E-state index contributed by atoms with van der Waals surface area (Å²) in [5.41, 5.74) is 6.35. The van der Waals surface area contributed by atoms with Crippen LogP contribution < -0.4 is 10.6 Å². The van der Waals surface area contributed by atoms with Crippen molar-refractivity contribution in [3.63, 3.8) is 0 Å². The summed E-state index contributed by atoms with van der Waals surface area (Å²) in [4.78, 5) is 18.0. The van der Waals surface area contributed by atoms with E-state index in [0.29, 0.717) is 5.82 Å². The van der Waals surface area contributed by atoms with Gasteiger partial charge in [-0.1, -0.05) is 5.16 Å². The van der Waals surface area contributed by atoms with E-state index in [1.165, 1.54) is 0 Å². The molecule has 1 amide bonds. The molecule has 1 aromatic heterocycles. The number of nitrogens with two attached hydrogens (primary N) is 1. The van der Waals surface area contributed by atoms with Crippen LogP contribution in [0.25, 0.3) is 11.4 Å². The Labute approximate surface area is 134 Å². The molecule has 2 N–H and O–H groups in total. The van der Waals surface area contributed by atoms with Gasteiger partial charge >= 0.3 is 0 Å². The first-order chi connectivity index (χ1) is 11.0. The van der Waals surface area contributed by atoms with Gasteiger partial charge in [-0.15, -0.1) is 0 Å². The molecule has 3 rings (SSSR count). The van der Waals surface area contributed by atoms with E-state index in [4.69, 9.17) is 15.0 Å². The summed E-state index contributed by atoms with van der Waals surface area (Å²) < 4.78 is 10.6. The van der Waals surface area contributed by atoms with Gasteiger partial charge < -0.3 is 19.9 Å². The normalized spacial score (nSPS) is 15.7. The summed E-state index contributed by atoms with van der Waals surface area (Å²) >= 11 is 0. The highest BCUT2D eigenvalue weighted by atomic mass is 16.5. The van der Waals surface area contributed by atoms with Crippen molar-refractivity contribution in [2.45, 2.75) is 19.3 Å². The lowest BCUT2D eigenvalue weighted by Gasteiger charge is -2.28. The zero-order valence-electron chi connectivity index (χ0n) is 13.3. The van der Waals surface area contributed by atoms with E-state index < -0.39 is 11.3 Å². The van der Waals surface area contributed by atoms with Gasteiger partial charge in [0, 0.05) is 24.3 Å². The molecule has 1 aliphatic heterocycles. The van der Waals surface area contributed by atoms with Crippen LogP contribution in [0.5, 0.6) is 0 Å². The van der Waals surface area contributed by atoms with Gasteiger partial charge in [-0.2, -0.15) is 4.98 Å². The standard InChI is InChI=1S/C16H20N4O3/c1-16(2,14(17)21)15-18-13(19-23-15)11-3-5-12(6-4-11)20-7-9-22-10-8-20/h3-6H,7-10H2,1-2H3,(H2,17,21). The fourth-order valence-corrected chi connectivity index (χ4v) is 2.34. The second-order valence-corrected chi connectivity index (χ2v) is 6.06. The number of amides is 1. The molecule has 0 bridgehead atoms. The SMILES string of the molecule is CC(C)(C(N)=O)c1nc(-c2ccc(N3CCOCC3)cc2)no1. The molecule has 0 spiro atoms. The third kappa shape index (κ3) is 3.05. The molecule has 23 heavy (non-hydrogen) atoms. The maximum atomic E-state index is 11.5. The average molecular weight is 316 g/mol. The van der Waals surface area contributed by atoms with Gasteiger partial charge in [-0.25, -0.2) is 0 Å². The molecule has 1 saturated heterocycles. The van der Waals surface area contributed by atoms with E-state index in [1.54, 1.807) is 13.8 Å². The summed E-state index contributed by atoms with van der Waals surface area (Å²) in [5, 5.41) is 3.95. The van der Waals surface area contributed by atoms with Crippen LogP contribution in [0.15, 0.2) is 28.8 Å². The van der Waals surface area contributed by atoms with Crippen LogP contribution in [0, 0.1) is 0 Å². The number of anilines is 1. The zero-order valence-corrected chi connectivity index (χ0v) is 13.3. The van der Waals surface area contributed by atoms with E-state index in [-0.39, 0.29) is 5.89 Å². The first kappa shape index (κ1) is 15.5. The summed E-state index contributed by atoms with van der Waals surface area (Å²) in [6, 6.07) is 7.93. The lowest BCUT2D eigenvalue weighted by Crippen LogP contribution is -2.36. The fourth-order valence-electron chi connectivity index (χ4n) is 2.34. The van der Waals surface area contributed by atoms with Crippen LogP contribution in [0.2, 0.25) is 0 Å². The van der Waals surface area contributed by atoms with Crippen molar-refractivity contribution in [3.05, 3.63) is 30.2 Å². The first-order valence-corrected chi connectivity index (χ1v) is 7.56. The molecule has 2 heterocycles. The predicted octanol–water partition coefficient (Wildman–Crippen LogP) is 1.34. The van der Waals surface area contributed by atoms with Gasteiger partial charge in [0.25, 0.3) is 0 Å². The number of aromatic nitrogens is 2. The summed E-state index contributed by atoms with van der Waals surface area (Å²) in [5.74, 6) is 0.162. The van der Waals surface area contributed by atoms with Crippen LogP contribution in [0.3, 0.4) is 0 Å². The Morgan fingerprint density at radius 3 is 2.48 bits per heavy atom. The van der Waals surface area contributed by atoms with Crippen molar-refractivity contribution in [1.82, 2.24) is 10.1 Å². The van der Waals surface area contributed by atoms with Crippen molar-refractivity contribution in [1.29, 1.82) is 0 Å². The number of carbonyl (C=O) groups is 1. The first-order valence-electron chi connectivity index (χ1n) is 7.56. The van der Waals surface area contributed by atoms with Gasteiger partial charge in [0.2, 0.25) is 17.6 Å². The number of benzene rings is 1. The number of ether oxygens (including phenoxy) is 1. The topological polar surface area (TPSA) is 94.5 Å². The molecule has 1 fully saturated rings. The molecule has 1 aromatic carbocycles. The number of nitrogens with zero attached hydrogens (tertiary/aromatic N) is 3. The molecular formula is C16H20N4O3. The lowest BCUT2D eigenvalue weighted by atomic mass is 9.93. The van der Waals surface area contributed by atoms with Crippen molar-refractivity contribution < 1.29 is 14.1 Å². The van der Waals surface area contributed by atoms with Crippen molar-refractivity contribution in [2.75, 3.05) is 31.2 Å². The molecule has 2 aromatic rings. The van der Waals surface area contributed by atoms with Crippen LogP contribution in [-0.4, -0.2) is 42.4 Å². The second-order valence-electron chi connectivity index (χ2n) is 6.06. The van der Waals surface area contributed by atoms with Crippen molar-refractivity contribution >= 4 is 11.6 Å². The molecule has 0 saturated carbocycles. The highest BCUT2D eigenvalue weighted by Crippen LogP contribution is 2.26. The molecule has 0 atom stereocenters. The highest BCUT2D eigenvalue weighted by molar-refractivity contribution is 5.84. The Kier molecular flexibility index (Phi) is 4.04. The predicted molar refractivity (Wildman–Crippen MR) is 85.0 cm³/mol. The third-order valence-corrected chi connectivity index (χ3v) is 4.08. The largest absolute Gasteiger partial charge is 0.378 e. The van der Waals surface area contributed by atoms with Crippen LogP contribution in [0.4, 0.5) is 5.69 Å². The van der Waals surface area contributed by atoms with Crippen LogP contribution >= 0.6 is 0 Å². The quantitative estimate of drug-likeness (QED) is 0.914. The third-order valence-electron chi connectivity index (χ3n) is 4.08. The van der Waals surface area contributed by atoms with Crippen molar-refractivity contribution in [3.8, 4) is 11.4 Å². The minimum Gasteiger partial charge on any atom is -0.378 e. The highest BCUT2D eigenvalue weighted by Gasteiger charge is 2.34. The summed E-state index contributed by atoms with van der Waals surface area (Å²) in [6.07, 6.45) is 0. The second kappa shape index (κ2) is 6.00. The Morgan fingerprint density at radius 2 is 1.87 bits per heavy atom. The monoisotopic (exact) mass is 316 g/mol. The van der Waals surface area contributed by atoms with Crippen molar-refractivity contribution in [2.24, 2.45) is 5.73 Å². The molecular weight excluding hydrogens is 296 g/mol. The molecule has 1 aliphatic rings. The summed E-state index contributed by atoms with van der Waals surface area (Å²) in [6.45, 7) is 6.59. The van der Waals surface area contributed by atoms with Crippen LogP contribution in [0.1, 0.15) is 19.7 Å². The average Bonchev–Trinajstić information content (AvgIpc) is 3.06. The number of rotatable bonds is 4. The van der Waals surface area contributed by atoms with E-state index in [9.17, 15) is 4.79 Å². The minimum atomic E-state index is -0.987. The Bertz CT molecular complexity index is 688. The fraction of sp³-hybridized carbons (Fsp3) is 0.438. The van der Waals surface area contributed by atoms with E-state index in [1.807, 2.05) is 24.3 Å². The van der Waals surface area contributed by atoms with Gasteiger partial charge in [0.1, 0.15) is 5.41 Å². The van der Waals surface area contributed by atoms with Gasteiger partial charge in [0.05, 0.1) is 13.2 Å². The zero-order chi connectivity index (χ0) is 16.4. The van der Waals surface area contributed by atoms with Gasteiger partial charge in [0.15, 0.2) is 0 Å². The van der Waals surface area contributed by atoms with E-state index >= 15 is 0 Å². The smallest absolute Gasteiger partial charge is 0.242 e. The molecule has 7 heteroatoms. The number of hydrogen-bond donors (Lipinski definition) is 1. The van der Waals surface area contributed by atoms with Crippen LogP contribution in [-0.2, 0) is 14.9 Å².